The molecule has 0 radical (unpaired) electrons. The number of nitrogens with one attached hydrogen (secondary N) is 1. The summed E-state index contributed by atoms with van der Waals surface area (Å²) in [6.07, 6.45) is 0. The van der Waals surface area contributed by atoms with Crippen LogP contribution in [0.25, 0.3) is 0 Å². The molecule has 0 saturated carbocycles. The Hall–Kier alpha value is -1.87. The zero-order chi connectivity index (χ0) is 13.8. The van der Waals surface area contributed by atoms with E-state index in [0.717, 1.165) is 5.56 Å². The lowest BCUT2D eigenvalue weighted by molar-refractivity contribution is 0.0936. The normalized spacial score (nSPS) is 11.9. The number of hydrogen-bond donors (Lipinski definition) is 1. The van der Waals surface area contributed by atoms with Gasteiger partial charge < -0.3 is 5.32 Å². The average molecular weight is 278 g/mol. The summed E-state index contributed by atoms with van der Waals surface area (Å²) in [7, 11) is 0. The van der Waals surface area contributed by atoms with Crippen molar-refractivity contribution in [2.24, 2.45) is 0 Å². The topological polar surface area (TPSA) is 29.1 Å². The molecule has 0 fully saturated rings. The molecule has 1 atom stereocenters. The van der Waals surface area contributed by atoms with Crippen molar-refractivity contribution in [1.29, 1.82) is 0 Å². The van der Waals surface area contributed by atoms with Crippen LogP contribution in [-0.4, -0.2) is 5.91 Å². The third-order valence-corrected chi connectivity index (χ3v) is 3.09. The quantitative estimate of drug-likeness (QED) is 0.904. The molecule has 1 unspecified atom stereocenters. The average Bonchev–Trinajstić information content (AvgIpc) is 2.39. The molecule has 1 N–H and O–H groups in total. The second-order valence-electron chi connectivity index (χ2n) is 4.23. The predicted molar refractivity (Wildman–Crippen MR) is 73.7 cm³/mol. The summed E-state index contributed by atoms with van der Waals surface area (Å²) in [6.45, 7) is 1.84. The van der Waals surface area contributed by atoms with Crippen LogP contribution in [0.2, 0.25) is 5.02 Å². The first-order chi connectivity index (χ1) is 9.08. The van der Waals surface area contributed by atoms with Gasteiger partial charge in [-0.05, 0) is 36.8 Å². The molecule has 19 heavy (non-hydrogen) atoms. The molecular formula is C15H13ClFNO. The minimum Gasteiger partial charge on any atom is -0.345 e. The van der Waals surface area contributed by atoms with Crippen LogP contribution in [0.5, 0.6) is 0 Å². The predicted octanol–water partition coefficient (Wildman–Crippen LogP) is 3.97. The van der Waals surface area contributed by atoms with Crippen molar-refractivity contribution in [3.05, 3.63) is 70.5 Å². The number of carbonyl (C=O) groups excluding carboxylic acids is 1. The first-order valence-electron chi connectivity index (χ1n) is 5.89. The molecule has 98 valence electrons. The fourth-order valence-corrected chi connectivity index (χ4v) is 1.88. The highest BCUT2D eigenvalue weighted by atomic mass is 35.5. The molecular weight excluding hydrogens is 265 g/mol. The number of amides is 1. The summed E-state index contributed by atoms with van der Waals surface area (Å²) in [4.78, 5) is 11.9. The lowest BCUT2D eigenvalue weighted by Crippen LogP contribution is -2.27. The second kappa shape index (κ2) is 5.85. The van der Waals surface area contributed by atoms with Crippen LogP contribution in [0.3, 0.4) is 0 Å². The molecule has 0 heterocycles. The Morgan fingerprint density at radius 3 is 2.42 bits per heavy atom. The highest BCUT2D eigenvalue weighted by Crippen LogP contribution is 2.17. The van der Waals surface area contributed by atoms with Gasteiger partial charge >= 0.3 is 0 Å². The zero-order valence-corrected chi connectivity index (χ0v) is 11.1. The lowest BCUT2D eigenvalue weighted by atomic mass is 10.1. The number of benzene rings is 2. The van der Waals surface area contributed by atoms with Gasteiger partial charge in [-0.1, -0.05) is 35.9 Å². The minimum atomic E-state index is -0.525. The molecule has 0 aromatic heterocycles. The fraction of sp³-hybridized carbons (Fsp3) is 0.133. The van der Waals surface area contributed by atoms with Gasteiger partial charge in [0.1, 0.15) is 5.82 Å². The van der Waals surface area contributed by atoms with Crippen molar-refractivity contribution < 1.29 is 9.18 Å². The van der Waals surface area contributed by atoms with Crippen molar-refractivity contribution in [2.75, 3.05) is 0 Å². The summed E-state index contributed by atoms with van der Waals surface area (Å²) in [5.74, 6) is -0.955. The van der Waals surface area contributed by atoms with Gasteiger partial charge in [-0.3, -0.25) is 4.79 Å². The van der Waals surface area contributed by atoms with Gasteiger partial charge in [0.2, 0.25) is 0 Å². The number of hydrogen-bond acceptors (Lipinski definition) is 1. The summed E-state index contributed by atoms with van der Waals surface area (Å²) < 4.78 is 13.5. The molecule has 0 bridgehead atoms. The van der Waals surface area contributed by atoms with E-state index in [1.807, 2.05) is 19.1 Å². The van der Waals surface area contributed by atoms with Crippen molar-refractivity contribution >= 4 is 17.5 Å². The van der Waals surface area contributed by atoms with Gasteiger partial charge in [-0.15, -0.1) is 0 Å². The standard InChI is InChI=1S/C15H13ClFNO/c1-10(11-6-8-12(16)9-7-11)18-15(19)13-4-2-3-5-14(13)17/h2-10H,1H3,(H,18,19). The first-order valence-corrected chi connectivity index (χ1v) is 6.26. The van der Waals surface area contributed by atoms with E-state index in [-0.39, 0.29) is 11.6 Å². The molecule has 0 aliphatic rings. The third kappa shape index (κ3) is 3.32. The Balaban J connectivity index is 2.11. The van der Waals surface area contributed by atoms with Crippen LogP contribution in [0, 0.1) is 5.82 Å². The van der Waals surface area contributed by atoms with E-state index in [1.165, 1.54) is 12.1 Å². The Bertz CT molecular complexity index is 583. The maximum atomic E-state index is 13.5. The van der Waals surface area contributed by atoms with E-state index in [2.05, 4.69) is 5.32 Å². The molecule has 0 saturated heterocycles. The molecule has 1 amide bonds. The van der Waals surface area contributed by atoms with Crippen LogP contribution in [0.4, 0.5) is 4.39 Å². The van der Waals surface area contributed by atoms with E-state index in [4.69, 9.17) is 11.6 Å². The van der Waals surface area contributed by atoms with E-state index >= 15 is 0 Å². The van der Waals surface area contributed by atoms with Gasteiger partial charge in [0.15, 0.2) is 0 Å². The van der Waals surface area contributed by atoms with E-state index in [0.29, 0.717) is 5.02 Å². The summed E-state index contributed by atoms with van der Waals surface area (Å²) >= 11 is 5.80. The number of rotatable bonds is 3. The van der Waals surface area contributed by atoms with Gasteiger partial charge in [0.25, 0.3) is 5.91 Å². The summed E-state index contributed by atoms with van der Waals surface area (Å²) in [6, 6.07) is 12.8. The van der Waals surface area contributed by atoms with Crippen molar-refractivity contribution in [1.82, 2.24) is 5.32 Å². The van der Waals surface area contributed by atoms with Crippen LogP contribution < -0.4 is 5.32 Å². The van der Waals surface area contributed by atoms with Gasteiger partial charge in [0.05, 0.1) is 11.6 Å². The maximum absolute atomic E-state index is 13.5. The summed E-state index contributed by atoms with van der Waals surface area (Å²) in [5.41, 5.74) is 0.956. The van der Waals surface area contributed by atoms with Gasteiger partial charge in [0, 0.05) is 5.02 Å². The van der Waals surface area contributed by atoms with Gasteiger partial charge in [-0.2, -0.15) is 0 Å². The fourth-order valence-electron chi connectivity index (χ4n) is 1.75. The van der Waals surface area contributed by atoms with Crippen molar-refractivity contribution in [3.8, 4) is 0 Å². The second-order valence-corrected chi connectivity index (χ2v) is 4.66. The molecule has 2 aromatic rings. The molecule has 2 aromatic carbocycles. The highest BCUT2D eigenvalue weighted by molar-refractivity contribution is 6.30. The van der Waals surface area contributed by atoms with Crippen LogP contribution in [-0.2, 0) is 0 Å². The smallest absolute Gasteiger partial charge is 0.254 e. The Labute approximate surface area is 116 Å². The van der Waals surface area contributed by atoms with Crippen LogP contribution in [0.1, 0.15) is 28.9 Å². The Morgan fingerprint density at radius 2 is 1.79 bits per heavy atom. The third-order valence-electron chi connectivity index (χ3n) is 2.84. The van der Waals surface area contributed by atoms with Crippen LogP contribution in [0.15, 0.2) is 48.5 Å². The molecule has 0 spiro atoms. The summed E-state index contributed by atoms with van der Waals surface area (Å²) in [5, 5.41) is 3.39. The zero-order valence-electron chi connectivity index (χ0n) is 10.4. The lowest BCUT2D eigenvalue weighted by Gasteiger charge is -2.14. The van der Waals surface area contributed by atoms with E-state index < -0.39 is 11.7 Å². The molecule has 4 heteroatoms. The monoisotopic (exact) mass is 277 g/mol. The number of carbonyl (C=O) groups is 1. The largest absolute Gasteiger partial charge is 0.345 e. The molecule has 2 rings (SSSR count). The van der Waals surface area contributed by atoms with Crippen molar-refractivity contribution in [2.45, 2.75) is 13.0 Å². The van der Waals surface area contributed by atoms with Crippen LogP contribution >= 0.6 is 11.6 Å². The SMILES string of the molecule is CC(NC(=O)c1ccccc1F)c1ccc(Cl)cc1. The van der Waals surface area contributed by atoms with Crippen molar-refractivity contribution in [3.63, 3.8) is 0 Å². The molecule has 2 nitrogen and oxygen atoms in total. The van der Waals surface area contributed by atoms with Gasteiger partial charge in [-0.25, -0.2) is 4.39 Å². The van der Waals surface area contributed by atoms with E-state index in [1.54, 1.807) is 24.3 Å². The molecule has 0 aliphatic heterocycles. The Kier molecular flexibility index (Phi) is 4.17. The highest BCUT2D eigenvalue weighted by Gasteiger charge is 2.14. The first kappa shape index (κ1) is 13.6. The van der Waals surface area contributed by atoms with E-state index in [9.17, 15) is 9.18 Å². The number of halogens is 2. The maximum Gasteiger partial charge on any atom is 0.254 e. The Morgan fingerprint density at radius 1 is 1.16 bits per heavy atom. The molecule has 0 aliphatic carbocycles. The minimum absolute atomic E-state index is 0.0447.